The number of ether oxygens (including phenoxy) is 2. The van der Waals surface area contributed by atoms with Gasteiger partial charge in [0.1, 0.15) is 11.3 Å². The van der Waals surface area contributed by atoms with E-state index in [4.69, 9.17) is 26.8 Å². The van der Waals surface area contributed by atoms with Gasteiger partial charge in [0.15, 0.2) is 0 Å². The van der Waals surface area contributed by atoms with Crippen molar-refractivity contribution in [3.05, 3.63) is 104 Å². The van der Waals surface area contributed by atoms with Gasteiger partial charge in [0.05, 0.1) is 30.8 Å². The molecule has 2 N–H and O–H groups in total. The van der Waals surface area contributed by atoms with Crippen molar-refractivity contribution < 1.29 is 14.3 Å². The number of pyridine rings is 2. The number of hydrogen-bond donors (Lipinski definition) is 1. The number of benzene rings is 1. The molecule has 1 aliphatic rings. The number of nitrogens with zero attached hydrogens (tertiary/aromatic N) is 2. The molecule has 0 fully saturated rings. The summed E-state index contributed by atoms with van der Waals surface area (Å²) >= 11 is 6.21. The molecule has 8 heteroatoms. The summed E-state index contributed by atoms with van der Waals surface area (Å²) in [5.74, 6) is -1.28. The summed E-state index contributed by atoms with van der Waals surface area (Å²) in [7, 11) is 1.25. The maximum atomic E-state index is 13.7. The quantitative estimate of drug-likeness (QED) is 0.630. The number of esters is 1. The second-order valence-electron chi connectivity index (χ2n) is 7.14. The van der Waals surface area contributed by atoms with Gasteiger partial charge in [-0.1, -0.05) is 29.8 Å². The first-order valence-corrected chi connectivity index (χ1v) is 9.94. The van der Waals surface area contributed by atoms with Crippen molar-refractivity contribution in [2.24, 2.45) is 5.73 Å². The number of hydrogen-bond acceptors (Lipinski definition) is 6. The fourth-order valence-electron chi connectivity index (χ4n) is 3.76. The third-order valence-corrected chi connectivity index (χ3v) is 5.44. The Balaban J connectivity index is 1.96. The maximum absolute atomic E-state index is 13.7. The first-order valence-electron chi connectivity index (χ1n) is 9.56. The van der Waals surface area contributed by atoms with Crippen molar-refractivity contribution >= 4 is 17.6 Å². The smallest absolute Gasteiger partial charge is 0.340 e. The minimum absolute atomic E-state index is 0.0580. The highest BCUT2D eigenvalue weighted by Crippen LogP contribution is 2.41. The molecule has 4 rings (SSSR count). The Hall–Kier alpha value is -3.58. The molecular formula is C23H20ClN3O4. The van der Waals surface area contributed by atoms with Gasteiger partial charge in [0.2, 0.25) is 5.88 Å². The molecule has 0 bridgehead atoms. The molecular weight excluding hydrogens is 418 g/mol. The van der Waals surface area contributed by atoms with Crippen LogP contribution in [0.3, 0.4) is 0 Å². The molecule has 1 atom stereocenters. The highest BCUT2D eigenvalue weighted by Gasteiger charge is 2.38. The summed E-state index contributed by atoms with van der Waals surface area (Å²) in [6.07, 6.45) is 1.67. The minimum Gasteiger partial charge on any atom is -0.465 e. The standard InChI is InChI=1S/C23H20ClN3O4/c1-13-10-17-19(22(28)27(13)12-16-8-3-4-9-26-16)18(14-6-5-7-15(24)11-14)20(21(25)31-17)23(29)30-2/h3-11,18H,12,25H2,1-2H3/t18-/m1/s1. The first kappa shape index (κ1) is 20.7. The van der Waals surface area contributed by atoms with Crippen molar-refractivity contribution in [1.29, 1.82) is 0 Å². The van der Waals surface area contributed by atoms with Gasteiger partial charge >= 0.3 is 5.97 Å². The molecule has 0 spiro atoms. The van der Waals surface area contributed by atoms with Crippen LogP contribution in [0.4, 0.5) is 0 Å². The molecule has 0 saturated heterocycles. The average molecular weight is 438 g/mol. The minimum atomic E-state index is -0.794. The molecule has 0 unspecified atom stereocenters. The molecule has 0 radical (unpaired) electrons. The molecule has 0 amide bonds. The number of halogens is 1. The van der Waals surface area contributed by atoms with Gasteiger partial charge < -0.3 is 19.8 Å². The van der Waals surface area contributed by atoms with Crippen molar-refractivity contribution in [2.75, 3.05) is 7.11 Å². The van der Waals surface area contributed by atoms with Gasteiger partial charge in [-0.25, -0.2) is 4.79 Å². The van der Waals surface area contributed by atoms with Gasteiger partial charge in [0, 0.05) is 23.0 Å². The molecule has 0 aliphatic carbocycles. The normalized spacial score (nSPS) is 15.3. The van der Waals surface area contributed by atoms with Crippen LogP contribution in [0.1, 0.15) is 28.4 Å². The van der Waals surface area contributed by atoms with Crippen LogP contribution in [0.15, 0.2) is 71.0 Å². The van der Waals surface area contributed by atoms with E-state index >= 15 is 0 Å². The van der Waals surface area contributed by atoms with Crippen molar-refractivity contribution in [1.82, 2.24) is 9.55 Å². The molecule has 0 saturated carbocycles. The van der Waals surface area contributed by atoms with E-state index in [-0.39, 0.29) is 23.6 Å². The second kappa shape index (κ2) is 8.28. The number of methoxy groups -OCH3 is 1. The fourth-order valence-corrected chi connectivity index (χ4v) is 3.96. The van der Waals surface area contributed by atoms with Crippen LogP contribution in [0.25, 0.3) is 0 Å². The third-order valence-electron chi connectivity index (χ3n) is 5.20. The number of nitrogens with two attached hydrogens (primary N) is 1. The maximum Gasteiger partial charge on any atom is 0.340 e. The van der Waals surface area contributed by atoms with Crippen LogP contribution in [-0.4, -0.2) is 22.6 Å². The molecule has 1 aromatic carbocycles. The molecule has 3 aromatic rings. The van der Waals surface area contributed by atoms with Crippen molar-refractivity contribution in [2.45, 2.75) is 19.4 Å². The van der Waals surface area contributed by atoms with Gasteiger partial charge in [0.25, 0.3) is 5.56 Å². The summed E-state index contributed by atoms with van der Waals surface area (Å²) < 4.78 is 12.2. The highest BCUT2D eigenvalue weighted by atomic mass is 35.5. The molecule has 1 aliphatic heterocycles. The zero-order valence-corrected chi connectivity index (χ0v) is 17.7. The number of fused-ring (bicyclic) bond motifs is 1. The lowest BCUT2D eigenvalue weighted by Crippen LogP contribution is -2.35. The number of carbonyl (C=O) groups is 1. The van der Waals surface area contributed by atoms with Crippen molar-refractivity contribution in [3.8, 4) is 5.75 Å². The van der Waals surface area contributed by atoms with E-state index in [1.165, 1.54) is 7.11 Å². The lowest BCUT2D eigenvalue weighted by Gasteiger charge is -2.29. The van der Waals surface area contributed by atoms with Crippen LogP contribution in [0.5, 0.6) is 5.75 Å². The lowest BCUT2D eigenvalue weighted by molar-refractivity contribution is -0.136. The summed E-state index contributed by atoms with van der Waals surface area (Å²) in [5, 5.41) is 0.467. The average Bonchev–Trinajstić information content (AvgIpc) is 2.76. The summed E-state index contributed by atoms with van der Waals surface area (Å²) in [6.45, 7) is 2.08. The van der Waals surface area contributed by atoms with Gasteiger partial charge in [-0.15, -0.1) is 0 Å². The molecule has 3 heterocycles. The molecule has 2 aromatic heterocycles. The molecule has 31 heavy (non-hydrogen) atoms. The van der Waals surface area contributed by atoms with E-state index in [1.54, 1.807) is 48.0 Å². The molecule has 7 nitrogen and oxygen atoms in total. The summed E-state index contributed by atoms with van der Waals surface area (Å²) in [6, 6.07) is 14.2. The van der Waals surface area contributed by atoms with Gasteiger partial charge in [-0.3, -0.25) is 9.78 Å². The Morgan fingerprint density at radius 3 is 2.74 bits per heavy atom. The second-order valence-corrected chi connectivity index (χ2v) is 7.57. The number of aromatic nitrogens is 2. The van der Waals surface area contributed by atoms with E-state index in [0.29, 0.717) is 27.6 Å². The zero-order chi connectivity index (χ0) is 22.1. The summed E-state index contributed by atoms with van der Waals surface area (Å²) in [4.78, 5) is 30.6. The third kappa shape index (κ3) is 3.80. The largest absolute Gasteiger partial charge is 0.465 e. The van der Waals surface area contributed by atoms with Crippen LogP contribution in [0, 0.1) is 6.92 Å². The van der Waals surface area contributed by atoms with Crippen LogP contribution >= 0.6 is 11.6 Å². The summed E-state index contributed by atoms with van der Waals surface area (Å²) in [5.41, 5.74) is 8.18. The SMILES string of the molecule is COC(=O)C1=C(N)Oc2cc(C)n(Cc3ccccn3)c(=O)c2[C@H]1c1cccc(Cl)c1. The fraction of sp³-hybridized carbons (Fsp3) is 0.174. The predicted molar refractivity (Wildman–Crippen MR) is 116 cm³/mol. The Morgan fingerprint density at radius 1 is 1.26 bits per heavy atom. The topological polar surface area (TPSA) is 96.4 Å². The van der Waals surface area contributed by atoms with Crippen LogP contribution in [0.2, 0.25) is 5.02 Å². The Morgan fingerprint density at radius 2 is 2.06 bits per heavy atom. The zero-order valence-electron chi connectivity index (χ0n) is 17.0. The first-order chi connectivity index (χ1) is 14.9. The van der Waals surface area contributed by atoms with Crippen LogP contribution in [-0.2, 0) is 16.1 Å². The van der Waals surface area contributed by atoms with E-state index in [1.807, 2.05) is 18.2 Å². The highest BCUT2D eigenvalue weighted by molar-refractivity contribution is 6.30. The van der Waals surface area contributed by atoms with E-state index in [0.717, 1.165) is 5.69 Å². The van der Waals surface area contributed by atoms with E-state index in [9.17, 15) is 9.59 Å². The van der Waals surface area contributed by atoms with E-state index < -0.39 is 11.9 Å². The van der Waals surface area contributed by atoms with E-state index in [2.05, 4.69) is 4.98 Å². The monoisotopic (exact) mass is 437 g/mol. The number of carbonyl (C=O) groups excluding carboxylic acids is 1. The lowest BCUT2D eigenvalue weighted by atomic mass is 9.83. The van der Waals surface area contributed by atoms with Crippen LogP contribution < -0.4 is 16.0 Å². The number of aryl methyl sites for hydroxylation is 1. The van der Waals surface area contributed by atoms with Crippen molar-refractivity contribution in [3.63, 3.8) is 0 Å². The number of rotatable bonds is 4. The van der Waals surface area contributed by atoms with Gasteiger partial charge in [-0.05, 0) is 36.8 Å². The predicted octanol–water partition coefficient (Wildman–Crippen LogP) is 3.12. The Kier molecular flexibility index (Phi) is 5.52. The van der Waals surface area contributed by atoms with Gasteiger partial charge in [-0.2, -0.15) is 0 Å². The molecule has 158 valence electrons. The Labute approximate surface area is 183 Å². The Bertz CT molecular complexity index is 1250.